The zero-order valence-corrected chi connectivity index (χ0v) is 15.4. The standard InChI is InChI=1S/C21H20FN3O3/c1-2-18-24-20(25-28-18)13-6-8-15-12(10-13)7-9-17(15)23-21(27)16-5-3-4-14(11-26)19(16)22/h3-6,8,10,17,26H,2,7,9,11H2,1H3,(H,23,27)/t17-/m1/s1. The molecule has 1 aliphatic carbocycles. The Balaban J connectivity index is 1.54. The van der Waals surface area contributed by atoms with E-state index in [9.17, 15) is 14.3 Å². The molecule has 0 unspecified atom stereocenters. The van der Waals surface area contributed by atoms with Gasteiger partial charge < -0.3 is 14.9 Å². The van der Waals surface area contributed by atoms with Gasteiger partial charge in [0.05, 0.1) is 18.2 Å². The molecule has 0 radical (unpaired) electrons. The molecule has 0 fully saturated rings. The van der Waals surface area contributed by atoms with Gasteiger partial charge in [-0.15, -0.1) is 0 Å². The Bertz CT molecular complexity index is 1030. The predicted molar refractivity (Wildman–Crippen MR) is 100.0 cm³/mol. The van der Waals surface area contributed by atoms with Crippen molar-refractivity contribution >= 4 is 5.91 Å². The third kappa shape index (κ3) is 3.29. The van der Waals surface area contributed by atoms with Crippen molar-refractivity contribution in [3.63, 3.8) is 0 Å². The van der Waals surface area contributed by atoms with Gasteiger partial charge in [-0.2, -0.15) is 4.98 Å². The number of aryl methyl sites for hydroxylation is 2. The number of hydrogen-bond donors (Lipinski definition) is 2. The van der Waals surface area contributed by atoms with Crippen molar-refractivity contribution in [2.24, 2.45) is 0 Å². The van der Waals surface area contributed by atoms with Crippen molar-refractivity contribution in [1.29, 1.82) is 0 Å². The molecule has 2 N–H and O–H groups in total. The molecule has 144 valence electrons. The number of carbonyl (C=O) groups excluding carboxylic acids is 1. The first kappa shape index (κ1) is 18.3. The summed E-state index contributed by atoms with van der Waals surface area (Å²) in [6, 6.07) is 10.1. The number of nitrogens with one attached hydrogen (secondary N) is 1. The highest BCUT2D eigenvalue weighted by molar-refractivity contribution is 5.95. The van der Waals surface area contributed by atoms with Gasteiger partial charge in [-0.1, -0.05) is 36.3 Å². The molecule has 4 rings (SSSR count). The summed E-state index contributed by atoms with van der Waals surface area (Å²) in [7, 11) is 0. The maximum absolute atomic E-state index is 14.3. The van der Waals surface area contributed by atoms with E-state index in [-0.39, 0.29) is 17.2 Å². The van der Waals surface area contributed by atoms with Crippen molar-refractivity contribution in [3.8, 4) is 11.4 Å². The van der Waals surface area contributed by atoms with Crippen LogP contribution in [0.5, 0.6) is 0 Å². The maximum Gasteiger partial charge on any atom is 0.254 e. The average molecular weight is 381 g/mol. The molecular weight excluding hydrogens is 361 g/mol. The number of carbonyl (C=O) groups is 1. The van der Waals surface area contributed by atoms with Crippen LogP contribution in [0.4, 0.5) is 4.39 Å². The average Bonchev–Trinajstić information content (AvgIpc) is 3.35. The summed E-state index contributed by atoms with van der Waals surface area (Å²) in [5.74, 6) is -0.0248. The van der Waals surface area contributed by atoms with E-state index < -0.39 is 18.3 Å². The second-order valence-corrected chi connectivity index (χ2v) is 6.78. The van der Waals surface area contributed by atoms with Gasteiger partial charge in [0.15, 0.2) is 0 Å². The van der Waals surface area contributed by atoms with Gasteiger partial charge in [-0.3, -0.25) is 4.79 Å². The Morgan fingerprint density at radius 1 is 1.36 bits per heavy atom. The van der Waals surface area contributed by atoms with E-state index in [0.29, 0.717) is 18.1 Å². The number of amides is 1. The lowest BCUT2D eigenvalue weighted by molar-refractivity contribution is 0.0932. The lowest BCUT2D eigenvalue weighted by atomic mass is 10.0. The Morgan fingerprint density at radius 3 is 2.96 bits per heavy atom. The summed E-state index contributed by atoms with van der Waals surface area (Å²) < 4.78 is 19.5. The van der Waals surface area contributed by atoms with Crippen molar-refractivity contribution < 1.29 is 18.8 Å². The number of aliphatic hydroxyl groups excluding tert-OH is 1. The number of rotatable bonds is 5. The fourth-order valence-electron chi connectivity index (χ4n) is 3.54. The molecule has 0 spiro atoms. The number of fused-ring (bicyclic) bond motifs is 1. The first-order valence-electron chi connectivity index (χ1n) is 9.25. The second kappa shape index (κ2) is 7.52. The van der Waals surface area contributed by atoms with Crippen LogP contribution in [-0.2, 0) is 19.4 Å². The summed E-state index contributed by atoms with van der Waals surface area (Å²) in [6.07, 6.45) is 2.21. The summed E-state index contributed by atoms with van der Waals surface area (Å²) in [5.41, 5.74) is 3.03. The Morgan fingerprint density at radius 2 is 2.21 bits per heavy atom. The van der Waals surface area contributed by atoms with Crippen LogP contribution >= 0.6 is 0 Å². The van der Waals surface area contributed by atoms with Gasteiger partial charge in [0.2, 0.25) is 11.7 Å². The van der Waals surface area contributed by atoms with E-state index in [1.54, 1.807) is 6.07 Å². The van der Waals surface area contributed by atoms with Crippen molar-refractivity contribution in [3.05, 3.63) is 70.4 Å². The van der Waals surface area contributed by atoms with Crippen molar-refractivity contribution in [1.82, 2.24) is 15.5 Å². The smallest absolute Gasteiger partial charge is 0.254 e. The van der Waals surface area contributed by atoms with E-state index in [1.807, 2.05) is 25.1 Å². The van der Waals surface area contributed by atoms with Crippen LogP contribution in [0, 0.1) is 5.82 Å². The molecule has 1 aromatic heterocycles. The summed E-state index contributed by atoms with van der Waals surface area (Å²) in [6.45, 7) is 1.50. The number of halogens is 1. The molecule has 0 saturated carbocycles. The Hall–Kier alpha value is -3.06. The molecule has 7 heteroatoms. The fourth-order valence-corrected chi connectivity index (χ4v) is 3.54. The molecular formula is C21H20FN3O3. The van der Waals surface area contributed by atoms with E-state index >= 15 is 0 Å². The van der Waals surface area contributed by atoms with E-state index in [1.165, 1.54) is 12.1 Å². The number of hydrogen-bond acceptors (Lipinski definition) is 5. The highest BCUT2D eigenvalue weighted by atomic mass is 19.1. The van der Waals surface area contributed by atoms with Gasteiger partial charge >= 0.3 is 0 Å². The minimum absolute atomic E-state index is 0.0597. The van der Waals surface area contributed by atoms with Crippen LogP contribution in [0.1, 0.15) is 52.3 Å². The van der Waals surface area contributed by atoms with Gasteiger partial charge in [0.1, 0.15) is 5.82 Å². The molecule has 0 saturated heterocycles. The van der Waals surface area contributed by atoms with Crippen LogP contribution in [0.15, 0.2) is 40.9 Å². The van der Waals surface area contributed by atoms with Crippen LogP contribution in [0.2, 0.25) is 0 Å². The molecule has 1 aliphatic rings. The summed E-state index contributed by atoms with van der Waals surface area (Å²) >= 11 is 0. The molecule has 0 aliphatic heterocycles. The van der Waals surface area contributed by atoms with E-state index in [2.05, 4.69) is 15.5 Å². The van der Waals surface area contributed by atoms with Crippen molar-refractivity contribution in [2.45, 2.75) is 38.8 Å². The SMILES string of the molecule is CCc1nc(-c2ccc3c(c2)CC[C@H]3NC(=O)c2cccc(CO)c2F)no1. The molecule has 2 aromatic carbocycles. The monoisotopic (exact) mass is 381 g/mol. The largest absolute Gasteiger partial charge is 0.392 e. The van der Waals surface area contributed by atoms with Crippen LogP contribution in [0.3, 0.4) is 0 Å². The number of aliphatic hydroxyl groups is 1. The van der Waals surface area contributed by atoms with Gasteiger partial charge in [-0.25, -0.2) is 4.39 Å². The van der Waals surface area contributed by atoms with Gasteiger partial charge in [0, 0.05) is 17.5 Å². The minimum atomic E-state index is -0.681. The minimum Gasteiger partial charge on any atom is -0.392 e. The fraction of sp³-hybridized carbons (Fsp3) is 0.286. The van der Waals surface area contributed by atoms with Crippen LogP contribution in [0.25, 0.3) is 11.4 Å². The lowest BCUT2D eigenvalue weighted by Gasteiger charge is -2.15. The number of benzene rings is 2. The molecule has 1 amide bonds. The Kier molecular flexibility index (Phi) is 4.92. The summed E-state index contributed by atoms with van der Waals surface area (Å²) in [5, 5.41) is 16.1. The molecule has 28 heavy (non-hydrogen) atoms. The zero-order chi connectivity index (χ0) is 19.7. The predicted octanol–water partition coefficient (Wildman–Crippen LogP) is 3.35. The molecule has 3 aromatic rings. The Labute approximate surface area is 161 Å². The first-order chi connectivity index (χ1) is 13.6. The van der Waals surface area contributed by atoms with Gasteiger partial charge in [-0.05, 0) is 36.1 Å². The molecule has 1 heterocycles. The van der Waals surface area contributed by atoms with E-state index in [4.69, 9.17) is 4.52 Å². The molecule has 6 nitrogen and oxygen atoms in total. The number of nitrogens with zero attached hydrogens (tertiary/aromatic N) is 2. The van der Waals surface area contributed by atoms with Crippen LogP contribution in [-0.4, -0.2) is 21.2 Å². The molecule has 0 bridgehead atoms. The quantitative estimate of drug-likeness (QED) is 0.708. The highest BCUT2D eigenvalue weighted by Gasteiger charge is 2.26. The third-order valence-electron chi connectivity index (χ3n) is 5.05. The number of aromatic nitrogens is 2. The third-order valence-corrected chi connectivity index (χ3v) is 5.05. The first-order valence-corrected chi connectivity index (χ1v) is 9.25. The highest BCUT2D eigenvalue weighted by Crippen LogP contribution is 2.34. The zero-order valence-electron chi connectivity index (χ0n) is 15.4. The van der Waals surface area contributed by atoms with Crippen molar-refractivity contribution in [2.75, 3.05) is 0 Å². The second-order valence-electron chi connectivity index (χ2n) is 6.78. The summed E-state index contributed by atoms with van der Waals surface area (Å²) in [4.78, 5) is 16.9. The lowest BCUT2D eigenvalue weighted by Crippen LogP contribution is -2.28. The van der Waals surface area contributed by atoms with E-state index in [0.717, 1.165) is 29.5 Å². The maximum atomic E-state index is 14.3. The topological polar surface area (TPSA) is 88.2 Å². The molecule has 1 atom stereocenters. The normalized spacial score (nSPS) is 15.5. The van der Waals surface area contributed by atoms with Crippen LogP contribution < -0.4 is 5.32 Å². The van der Waals surface area contributed by atoms with Gasteiger partial charge in [0.25, 0.3) is 5.91 Å².